The lowest BCUT2D eigenvalue weighted by Gasteiger charge is -2.09. The second-order valence-electron chi connectivity index (χ2n) is 3.32. The number of rotatable bonds is 1. The van der Waals surface area contributed by atoms with Crippen LogP contribution in [0.15, 0.2) is 17.1 Å². The van der Waals surface area contributed by atoms with Gasteiger partial charge < -0.3 is 5.73 Å². The fourth-order valence-corrected chi connectivity index (χ4v) is 0.438. The van der Waals surface area contributed by atoms with Gasteiger partial charge >= 0.3 is 0 Å². The van der Waals surface area contributed by atoms with Gasteiger partial charge in [-0.1, -0.05) is 26.8 Å². The number of amides is 1. The lowest BCUT2D eigenvalue weighted by molar-refractivity contribution is -0.113. The van der Waals surface area contributed by atoms with Crippen molar-refractivity contribution in [2.24, 2.45) is 16.1 Å². The van der Waals surface area contributed by atoms with Crippen LogP contribution in [0, 0.1) is 5.41 Å². The van der Waals surface area contributed by atoms with Crippen molar-refractivity contribution in [3.05, 3.63) is 12.2 Å². The Morgan fingerprint density at radius 2 is 2.00 bits per heavy atom. The number of nitrogens with two attached hydrogens (primary N) is 1. The van der Waals surface area contributed by atoms with E-state index in [-0.39, 0.29) is 11.3 Å². The SMILES string of the molecule is CC(C)(C)/C=C\C(=O)/N=C\N. The molecule has 0 rings (SSSR count). The van der Waals surface area contributed by atoms with Crippen molar-refractivity contribution in [3.63, 3.8) is 0 Å². The Kier molecular flexibility index (Phi) is 3.51. The smallest absolute Gasteiger partial charge is 0.270 e. The molecular formula is C8H14N2O. The zero-order chi connectivity index (χ0) is 8.91. The number of carbonyl (C=O) groups excluding carboxylic acids is 1. The summed E-state index contributed by atoms with van der Waals surface area (Å²) in [5.41, 5.74) is 4.94. The second-order valence-corrected chi connectivity index (χ2v) is 3.32. The maximum Gasteiger partial charge on any atom is 0.270 e. The number of nitrogens with zero attached hydrogens (tertiary/aromatic N) is 1. The molecule has 0 atom stereocenters. The van der Waals surface area contributed by atoms with Crippen molar-refractivity contribution < 1.29 is 4.79 Å². The molecule has 0 saturated heterocycles. The molecule has 1 amide bonds. The van der Waals surface area contributed by atoms with Gasteiger partial charge in [0.15, 0.2) is 0 Å². The van der Waals surface area contributed by atoms with E-state index in [1.165, 1.54) is 6.08 Å². The van der Waals surface area contributed by atoms with Gasteiger partial charge in [0.05, 0.1) is 6.34 Å². The van der Waals surface area contributed by atoms with Crippen molar-refractivity contribution in [1.29, 1.82) is 0 Å². The average Bonchev–Trinajstić information content (AvgIpc) is 1.83. The predicted octanol–water partition coefficient (Wildman–Crippen LogP) is 1.10. The molecule has 0 aromatic heterocycles. The van der Waals surface area contributed by atoms with Crippen LogP contribution < -0.4 is 5.73 Å². The van der Waals surface area contributed by atoms with Gasteiger partial charge in [0.1, 0.15) is 0 Å². The largest absolute Gasteiger partial charge is 0.390 e. The lowest BCUT2D eigenvalue weighted by atomic mass is 9.96. The minimum atomic E-state index is -0.317. The summed E-state index contributed by atoms with van der Waals surface area (Å²) in [6, 6.07) is 0. The molecule has 0 spiro atoms. The summed E-state index contributed by atoms with van der Waals surface area (Å²) in [4.78, 5) is 14.1. The third kappa shape index (κ3) is 6.77. The highest BCUT2D eigenvalue weighted by atomic mass is 16.1. The molecule has 11 heavy (non-hydrogen) atoms. The highest BCUT2D eigenvalue weighted by Crippen LogP contribution is 2.14. The number of aliphatic imine (C=N–C) groups is 1. The molecule has 0 fully saturated rings. The molecule has 0 aliphatic rings. The third-order valence-electron chi connectivity index (χ3n) is 0.928. The molecule has 0 heterocycles. The van der Waals surface area contributed by atoms with Crippen molar-refractivity contribution in [2.75, 3.05) is 0 Å². The van der Waals surface area contributed by atoms with Crippen LogP contribution in [0.4, 0.5) is 0 Å². The standard InChI is InChI=1S/C8H14N2O/c1-8(2,3)5-4-7(11)10-6-9/h4-6H,1-3H3,(H2,9,10,11)/b5-4-. The predicted molar refractivity (Wildman–Crippen MR) is 46.3 cm³/mol. The van der Waals surface area contributed by atoms with Gasteiger partial charge in [-0.25, -0.2) is 4.99 Å². The minimum absolute atomic E-state index is 0.0137. The Morgan fingerprint density at radius 3 is 2.36 bits per heavy atom. The summed E-state index contributed by atoms with van der Waals surface area (Å²) >= 11 is 0. The van der Waals surface area contributed by atoms with Crippen LogP contribution in [0.2, 0.25) is 0 Å². The Morgan fingerprint density at radius 1 is 1.45 bits per heavy atom. The van der Waals surface area contributed by atoms with Gasteiger partial charge in [-0.3, -0.25) is 4.79 Å². The zero-order valence-electron chi connectivity index (χ0n) is 7.16. The molecule has 0 aromatic carbocycles. The Balaban J connectivity index is 4.04. The number of allylic oxidation sites excluding steroid dienone is 1. The first-order valence-corrected chi connectivity index (χ1v) is 3.43. The summed E-state index contributed by atoms with van der Waals surface area (Å²) in [6.07, 6.45) is 4.21. The molecule has 62 valence electrons. The van der Waals surface area contributed by atoms with E-state index in [2.05, 4.69) is 4.99 Å². The molecule has 0 aliphatic carbocycles. The fourth-order valence-electron chi connectivity index (χ4n) is 0.438. The highest BCUT2D eigenvalue weighted by molar-refractivity contribution is 5.92. The van der Waals surface area contributed by atoms with E-state index in [1.807, 2.05) is 20.8 Å². The van der Waals surface area contributed by atoms with E-state index < -0.39 is 0 Å². The van der Waals surface area contributed by atoms with Gasteiger partial charge in [0, 0.05) is 6.08 Å². The Labute approximate surface area is 67.0 Å². The first-order valence-electron chi connectivity index (χ1n) is 3.43. The second kappa shape index (κ2) is 3.91. The van der Waals surface area contributed by atoms with Crippen molar-refractivity contribution in [1.82, 2.24) is 0 Å². The molecule has 2 N–H and O–H groups in total. The van der Waals surface area contributed by atoms with Crippen molar-refractivity contribution in [2.45, 2.75) is 20.8 Å². The topological polar surface area (TPSA) is 55.5 Å². The molecule has 0 aliphatic heterocycles. The maximum absolute atomic E-state index is 10.7. The molecule has 0 aromatic rings. The first-order chi connectivity index (χ1) is 4.95. The number of carbonyl (C=O) groups is 1. The average molecular weight is 154 g/mol. The van der Waals surface area contributed by atoms with Crippen LogP contribution in [-0.4, -0.2) is 12.2 Å². The lowest BCUT2D eigenvalue weighted by Crippen LogP contribution is -2.01. The van der Waals surface area contributed by atoms with Gasteiger partial charge in [-0.05, 0) is 5.41 Å². The summed E-state index contributed by atoms with van der Waals surface area (Å²) < 4.78 is 0. The molecule has 3 nitrogen and oxygen atoms in total. The van der Waals surface area contributed by atoms with E-state index in [1.54, 1.807) is 6.08 Å². The number of hydrogen-bond acceptors (Lipinski definition) is 1. The molecule has 0 unspecified atom stereocenters. The molecule has 3 heteroatoms. The van der Waals surface area contributed by atoms with E-state index in [9.17, 15) is 4.79 Å². The summed E-state index contributed by atoms with van der Waals surface area (Å²) in [5.74, 6) is -0.317. The van der Waals surface area contributed by atoms with Crippen LogP contribution in [0.3, 0.4) is 0 Å². The summed E-state index contributed by atoms with van der Waals surface area (Å²) in [6.45, 7) is 6.01. The van der Waals surface area contributed by atoms with Crippen molar-refractivity contribution in [3.8, 4) is 0 Å². The van der Waals surface area contributed by atoms with Crippen LogP contribution in [0.5, 0.6) is 0 Å². The Bertz CT molecular complexity index is 187. The number of hydrogen-bond donors (Lipinski definition) is 1. The molecule has 0 saturated carbocycles. The maximum atomic E-state index is 10.7. The molecule has 0 radical (unpaired) electrons. The first kappa shape index (κ1) is 9.88. The van der Waals surface area contributed by atoms with Gasteiger partial charge in [0.25, 0.3) is 5.91 Å². The van der Waals surface area contributed by atoms with Crippen LogP contribution >= 0.6 is 0 Å². The van der Waals surface area contributed by atoms with Gasteiger partial charge in [-0.15, -0.1) is 0 Å². The summed E-state index contributed by atoms with van der Waals surface area (Å²) in [7, 11) is 0. The molecule has 0 bridgehead atoms. The van der Waals surface area contributed by atoms with Gasteiger partial charge in [-0.2, -0.15) is 0 Å². The van der Waals surface area contributed by atoms with E-state index in [0.29, 0.717) is 0 Å². The quantitative estimate of drug-likeness (QED) is 0.349. The van der Waals surface area contributed by atoms with E-state index in [4.69, 9.17) is 5.73 Å². The Hall–Kier alpha value is -1.12. The van der Waals surface area contributed by atoms with E-state index >= 15 is 0 Å². The van der Waals surface area contributed by atoms with Crippen molar-refractivity contribution >= 4 is 12.2 Å². The molecular weight excluding hydrogens is 140 g/mol. The van der Waals surface area contributed by atoms with Gasteiger partial charge in [0.2, 0.25) is 0 Å². The monoisotopic (exact) mass is 154 g/mol. The van der Waals surface area contributed by atoms with Crippen LogP contribution in [0.1, 0.15) is 20.8 Å². The minimum Gasteiger partial charge on any atom is -0.390 e. The van der Waals surface area contributed by atoms with Crippen LogP contribution in [-0.2, 0) is 4.79 Å². The third-order valence-corrected chi connectivity index (χ3v) is 0.928. The van der Waals surface area contributed by atoms with Crippen LogP contribution in [0.25, 0.3) is 0 Å². The fraction of sp³-hybridized carbons (Fsp3) is 0.500. The van der Waals surface area contributed by atoms with E-state index in [0.717, 1.165) is 6.34 Å². The normalized spacial score (nSPS) is 13.0. The highest BCUT2D eigenvalue weighted by Gasteiger charge is 2.04. The summed E-state index contributed by atoms with van der Waals surface area (Å²) in [5, 5.41) is 0. The zero-order valence-corrected chi connectivity index (χ0v) is 7.16.